The Morgan fingerprint density at radius 2 is 1.95 bits per heavy atom. The van der Waals surface area contributed by atoms with Crippen molar-refractivity contribution >= 4 is 11.8 Å². The van der Waals surface area contributed by atoms with Crippen LogP contribution in [0.2, 0.25) is 0 Å². The summed E-state index contributed by atoms with van der Waals surface area (Å²) in [6, 6.07) is 12.6. The van der Waals surface area contributed by atoms with Gasteiger partial charge in [0.25, 0.3) is 0 Å². The van der Waals surface area contributed by atoms with Crippen LogP contribution in [0.25, 0.3) is 0 Å². The third kappa shape index (κ3) is 6.12. The summed E-state index contributed by atoms with van der Waals surface area (Å²) in [5, 5.41) is 11.1. The zero-order valence-electron chi connectivity index (χ0n) is 12.3. The molecule has 1 rings (SSSR count). The molecule has 0 bridgehead atoms. The molecule has 106 valence electrons. The fourth-order valence-electron chi connectivity index (χ4n) is 1.98. The number of benzene rings is 1. The molecule has 2 heteroatoms. The van der Waals surface area contributed by atoms with E-state index in [2.05, 4.69) is 62.2 Å². The van der Waals surface area contributed by atoms with Crippen LogP contribution in [0.1, 0.15) is 26.7 Å². The maximum absolute atomic E-state index is 8.96. The summed E-state index contributed by atoms with van der Waals surface area (Å²) in [4.78, 5) is 1.26. The average Bonchev–Trinajstić information content (AvgIpc) is 2.47. The molecule has 0 aliphatic heterocycles. The van der Waals surface area contributed by atoms with Gasteiger partial charge in [0, 0.05) is 4.90 Å². The molecule has 0 heterocycles. The molecule has 20 heavy (non-hydrogen) atoms. The highest BCUT2D eigenvalue weighted by Gasteiger charge is 2.12. The number of nitrogens with zero attached hydrogens (tertiary/aromatic N) is 1. The molecule has 0 aliphatic carbocycles. The van der Waals surface area contributed by atoms with E-state index in [1.165, 1.54) is 4.90 Å². The van der Waals surface area contributed by atoms with Gasteiger partial charge in [-0.2, -0.15) is 5.26 Å². The summed E-state index contributed by atoms with van der Waals surface area (Å²) >= 11 is 1.75. The summed E-state index contributed by atoms with van der Waals surface area (Å²) in [6.07, 6.45) is 5.95. The summed E-state index contributed by atoms with van der Waals surface area (Å²) < 4.78 is 0. The maximum atomic E-state index is 8.96. The number of hydrogen-bond donors (Lipinski definition) is 0. The molecule has 0 aromatic heterocycles. The maximum Gasteiger partial charge on any atom is 0.0697 e. The quantitative estimate of drug-likeness (QED) is 0.454. The smallest absolute Gasteiger partial charge is 0.0697 e. The molecule has 0 amide bonds. The number of nitriles is 1. The minimum Gasteiger partial charge on any atom is -0.198 e. The predicted octanol–water partition coefficient (Wildman–Crippen LogP) is 5.67. The first-order valence-corrected chi connectivity index (χ1v) is 7.96. The standard InChI is InChI=1S/C18H23NS/c1-4-16(14-19)10-11-17(15(2)3)12-13-20-18-8-6-5-7-9-18/h4-9,12-13,15-17H,1,10-11H2,2-3H3/b13-12+/t16?,17-/m1/s1. The summed E-state index contributed by atoms with van der Waals surface area (Å²) in [7, 11) is 0. The van der Waals surface area contributed by atoms with Crippen LogP contribution in [-0.2, 0) is 0 Å². The highest BCUT2D eigenvalue weighted by Crippen LogP contribution is 2.25. The van der Waals surface area contributed by atoms with E-state index >= 15 is 0 Å². The van der Waals surface area contributed by atoms with E-state index in [0.717, 1.165) is 12.8 Å². The van der Waals surface area contributed by atoms with Gasteiger partial charge in [-0.25, -0.2) is 0 Å². The first-order chi connectivity index (χ1) is 9.67. The van der Waals surface area contributed by atoms with E-state index < -0.39 is 0 Å². The van der Waals surface area contributed by atoms with Crippen molar-refractivity contribution in [3.8, 4) is 6.07 Å². The zero-order chi connectivity index (χ0) is 14.8. The summed E-state index contributed by atoms with van der Waals surface area (Å²) in [6.45, 7) is 8.18. The van der Waals surface area contributed by atoms with Gasteiger partial charge in [0.2, 0.25) is 0 Å². The van der Waals surface area contributed by atoms with E-state index in [-0.39, 0.29) is 5.92 Å². The second-order valence-electron chi connectivity index (χ2n) is 5.22. The molecule has 0 spiro atoms. The molecule has 1 aromatic carbocycles. The number of thioether (sulfide) groups is 1. The van der Waals surface area contributed by atoms with Crippen molar-refractivity contribution in [2.45, 2.75) is 31.6 Å². The van der Waals surface area contributed by atoms with E-state index in [9.17, 15) is 0 Å². The van der Waals surface area contributed by atoms with Gasteiger partial charge in [0.15, 0.2) is 0 Å². The molecule has 1 unspecified atom stereocenters. The van der Waals surface area contributed by atoms with Gasteiger partial charge in [-0.05, 0) is 42.2 Å². The molecular weight excluding hydrogens is 262 g/mol. The van der Waals surface area contributed by atoms with Gasteiger partial charge in [-0.3, -0.25) is 0 Å². The SMILES string of the molecule is C=CC(C#N)CC[C@H](/C=C/Sc1ccccc1)C(C)C. The van der Waals surface area contributed by atoms with Crippen LogP contribution in [-0.4, -0.2) is 0 Å². The minimum atomic E-state index is -0.0218. The van der Waals surface area contributed by atoms with Crippen LogP contribution < -0.4 is 0 Å². The van der Waals surface area contributed by atoms with Gasteiger partial charge in [-0.1, -0.05) is 56.0 Å². The third-order valence-electron chi connectivity index (χ3n) is 3.39. The van der Waals surface area contributed by atoms with Crippen LogP contribution >= 0.6 is 11.8 Å². The van der Waals surface area contributed by atoms with Crippen molar-refractivity contribution in [2.24, 2.45) is 17.8 Å². The highest BCUT2D eigenvalue weighted by atomic mass is 32.2. The van der Waals surface area contributed by atoms with Crippen molar-refractivity contribution in [3.05, 3.63) is 54.5 Å². The van der Waals surface area contributed by atoms with Gasteiger partial charge < -0.3 is 0 Å². The first-order valence-electron chi connectivity index (χ1n) is 7.08. The van der Waals surface area contributed by atoms with Crippen molar-refractivity contribution in [3.63, 3.8) is 0 Å². The Labute approximate surface area is 127 Å². The average molecular weight is 285 g/mol. The molecule has 1 aromatic rings. The monoisotopic (exact) mass is 285 g/mol. The minimum absolute atomic E-state index is 0.0218. The van der Waals surface area contributed by atoms with Crippen molar-refractivity contribution in [1.82, 2.24) is 0 Å². The fraction of sp³-hybridized carbons (Fsp3) is 0.389. The van der Waals surface area contributed by atoms with Gasteiger partial charge in [-0.15, -0.1) is 6.58 Å². The van der Waals surface area contributed by atoms with E-state index in [0.29, 0.717) is 11.8 Å². The van der Waals surface area contributed by atoms with Crippen molar-refractivity contribution in [1.29, 1.82) is 5.26 Å². The van der Waals surface area contributed by atoms with Gasteiger partial charge >= 0.3 is 0 Å². The molecule has 0 saturated heterocycles. The molecule has 1 nitrogen and oxygen atoms in total. The van der Waals surface area contributed by atoms with E-state index in [4.69, 9.17) is 5.26 Å². The summed E-state index contributed by atoms with van der Waals surface area (Å²) in [5.41, 5.74) is 0. The lowest BCUT2D eigenvalue weighted by Crippen LogP contribution is -2.07. The third-order valence-corrected chi connectivity index (χ3v) is 4.23. The molecular formula is C18H23NS. The molecule has 0 radical (unpaired) electrons. The Bertz CT molecular complexity index is 456. The number of hydrogen-bond acceptors (Lipinski definition) is 2. The summed E-state index contributed by atoms with van der Waals surface area (Å²) in [5.74, 6) is 1.08. The predicted molar refractivity (Wildman–Crippen MR) is 88.3 cm³/mol. The Balaban J connectivity index is 2.50. The second-order valence-corrected chi connectivity index (χ2v) is 6.20. The second kappa shape index (κ2) is 9.44. The van der Waals surface area contributed by atoms with E-state index in [1.54, 1.807) is 17.8 Å². The fourth-order valence-corrected chi connectivity index (χ4v) is 2.73. The lowest BCUT2D eigenvalue weighted by Gasteiger charge is -2.17. The first kappa shape index (κ1) is 16.6. The van der Waals surface area contributed by atoms with Gasteiger partial charge in [0.05, 0.1) is 12.0 Å². The van der Waals surface area contributed by atoms with Crippen LogP contribution in [0.4, 0.5) is 0 Å². The molecule has 0 saturated carbocycles. The largest absolute Gasteiger partial charge is 0.198 e. The Morgan fingerprint density at radius 1 is 1.25 bits per heavy atom. The Hall–Kier alpha value is -1.46. The molecule has 0 N–H and O–H groups in total. The van der Waals surface area contributed by atoms with Crippen LogP contribution in [0.5, 0.6) is 0 Å². The van der Waals surface area contributed by atoms with Crippen LogP contribution in [0, 0.1) is 29.1 Å². The van der Waals surface area contributed by atoms with E-state index in [1.807, 2.05) is 6.07 Å². The lowest BCUT2D eigenvalue weighted by molar-refractivity contribution is 0.414. The Kier molecular flexibility index (Phi) is 7.84. The highest BCUT2D eigenvalue weighted by molar-refractivity contribution is 8.02. The molecule has 2 atom stereocenters. The Morgan fingerprint density at radius 3 is 2.50 bits per heavy atom. The number of rotatable bonds is 8. The van der Waals surface area contributed by atoms with Gasteiger partial charge in [0.1, 0.15) is 0 Å². The molecule has 0 fully saturated rings. The van der Waals surface area contributed by atoms with Crippen LogP contribution in [0.15, 0.2) is 59.4 Å². The molecule has 0 aliphatic rings. The zero-order valence-corrected chi connectivity index (χ0v) is 13.1. The lowest BCUT2D eigenvalue weighted by atomic mass is 9.88. The normalized spacial score (nSPS) is 14.1. The number of allylic oxidation sites excluding steroid dienone is 2. The van der Waals surface area contributed by atoms with Crippen LogP contribution in [0.3, 0.4) is 0 Å². The van der Waals surface area contributed by atoms with Crippen molar-refractivity contribution in [2.75, 3.05) is 0 Å². The topological polar surface area (TPSA) is 23.8 Å². The van der Waals surface area contributed by atoms with Crippen molar-refractivity contribution < 1.29 is 0 Å².